The quantitative estimate of drug-likeness (QED) is 0.703. The highest BCUT2D eigenvalue weighted by molar-refractivity contribution is 7.53. The predicted octanol–water partition coefficient (Wildman–Crippen LogP) is 1.73. The second kappa shape index (κ2) is 6.08. The largest absolute Gasteiger partial charge is 0.518 e. The Morgan fingerprint density at radius 3 is 1.75 bits per heavy atom. The lowest BCUT2D eigenvalue weighted by Crippen LogP contribution is -1.99. The van der Waals surface area contributed by atoms with E-state index in [0.29, 0.717) is 0 Å². The molecule has 2 aromatic heterocycles. The first-order valence-corrected chi connectivity index (χ1v) is 7.27. The van der Waals surface area contributed by atoms with Gasteiger partial charge < -0.3 is 26.7 Å². The number of rotatable bonds is 7. The minimum absolute atomic E-state index is 0.0805. The molecule has 0 radical (unpaired) electrons. The van der Waals surface area contributed by atoms with Crippen molar-refractivity contribution in [1.82, 2.24) is 0 Å². The van der Waals surface area contributed by atoms with Crippen LogP contribution in [-0.2, 0) is 26.8 Å². The molecule has 0 saturated carbocycles. The highest BCUT2D eigenvalue weighted by Crippen LogP contribution is 2.49. The summed E-state index contributed by atoms with van der Waals surface area (Å²) in [5, 5.41) is 0. The zero-order chi connectivity index (χ0) is 14.6. The Kier molecular flexibility index (Phi) is 4.43. The van der Waals surface area contributed by atoms with E-state index in [1.54, 1.807) is 6.92 Å². The minimum Gasteiger partial charge on any atom is -0.399 e. The molecular formula is C10H11O9P. The van der Waals surface area contributed by atoms with Gasteiger partial charge in [0, 0.05) is 6.16 Å². The predicted molar refractivity (Wildman–Crippen MR) is 62.2 cm³/mol. The standard InChI is InChI=1S/C10H11O9P/c1-2-20(13,16-5-7-3-14-9(11)18-7)17-6-8-4-15-10(12)19-8/h3-4H,2,5-6H2,1H3. The summed E-state index contributed by atoms with van der Waals surface area (Å²) in [5.41, 5.74) is 0. The number of hydrogen-bond donors (Lipinski definition) is 0. The van der Waals surface area contributed by atoms with Crippen LogP contribution < -0.4 is 11.6 Å². The molecule has 2 heterocycles. The molecule has 2 aromatic rings. The third kappa shape index (κ3) is 3.83. The normalized spacial score (nSPS) is 11.8. The molecule has 0 fully saturated rings. The molecule has 0 N–H and O–H groups in total. The number of hydrogen-bond acceptors (Lipinski definition) is 9. The van der Waals surface area contributed by atoms with Crippen LogP contribution in [-0.4, -0.2) is 6.16 Å². The van der Waals surface area contributed by atoms with Gasteiger partial charge in [-0.25, -0.2) is 9.59 Å². The lowest BCUT2D eigenvalue weighted by molar-refractivity contribution is 0.169. The van der Waals surface area contributed by atoms with Gasteiger partial charge in [0.1, 0.15) is 25.7 Å². The SMILES string of the molecule is CCP(=O)(OCc1coc(=O)o1)OCc1coc(=O)o1. The van der Waals surface area contributed by atoms with Crippen LogP contribution in [0.15, 0.2) is 39.8 Å². The monoisotopic (exact) mass is 306 g/mol. The van der Waals surface area contributed by atoms with Gasteiger partial charge in [0.05, 0.1) is 0 Å². The Bertz CT molecular complexity index is 646. The third-order valence-corrected chi connectivity index (χ3v) is 4.02. The highest BCUT2D eigenvalue weighted by Gasteiger charge is 2.24. The van der Waals surface area contributed by atoms with Crippen LogP contribution in [0, 0.1) is 0 Å². The molecule has 0 spiro atoms. The Morgan fingerprint density at radius 2 is 1.45 bits per heavy atom. The van der Waals surface area contributed by atoms with E-state index in [-0.39, 0.29) is 30.9 Å². The van der Waals surface area contributed by atoms with E-state index < -0.39 is 19.2 Å². The summed E-state index contributed by atoms with van der Waals surface area (Å²) in [6.45, 7) is 1.11. The molecule has 0 unspecified atom stereocenters. The van der Waals surface area contributed by atoms with Crippen LogP contribution >= 0.6 is 7.60 Å². The molecule has 0 atom stereocenters. The van der Waals surface area contributed by atoms with Crippen LogP contribution in [0.3, 0.4) is 0 Å². The van der Waals surface area contributed by atoms with Gasteiger partial charge in [-0.1, -0.05) is 6.92 Å². The fourth-order valence-electron chi connectivity index (χ4n) is 1.21. The molecule has 10 heteroatoms. The fourth-order valence-corrected chi connectivity index (χ4v) is 2.30. The maximum absolute atomic E-state index is 12.2. The second-order valence-corrected chi connectivity index (χ2v) is 5.95. The van der Waals surface area contributed by atoms with Crippen LogP contribution in [0.4, 0.5) is 0 Å². The summed E-state index contributed by atoms with van der Waals surface area (Å²) in [5.74, 6) is -1.59. The first-order valence-electron chi connectivity index (χ1n) is 5.54. The average Bonchev–Trinajstić information content (AvgIpc) is 3.03. The Morgan fingerprint density at radius 1 is 1.00 bits per heavy atom. The molecule has 0 aliphatic carbocycles. The van der Waals surface area contributed by atoms with Crippen LogP contribution in [0.25, 0.3) is 0 Å². The van der Waals surface area contributed by atoms with Crippen LogP contribution in [0.2, 0.25) is 0 Å². The van der Waals surface area contributed by atoms with E-state index in [1.165, 1.54) is 0 Å². The Balaban J connectivity index is 1.92. The molecule has 0 aliphatic rings. The maximum atomic E-state index is 12.2. The van der Waals surface area contributed by atoms with Gasteiger partial charge in [0.15, 0.2) is 11.5 Å². The van der Waals surface area contributed by atoms with E-state index in [4.69, 9.17) is 9.05 Å². The molecule has 9 nitrogen and oxygen atoms in total. The van der Waals surface area contributed by atoms with Gasteiger partial charge in [0.25, 0.3) is 0 Å². The topological polar surface area (TPSA) is 122 Å². The van der Waals surface area contributed by atoms with Crippen molar-refractivity contribution in [3.63, 3.8) is 0 Å². The van der Waals surface area contributed by atoms with Crippen LogP contribution in [0.1, 0.15) is 18.4 Å². The van der Waals surface area contributed by atoms with Crippen molar-refractivity contribution in [3.05, 3.63) is 45.3 Å². The van der Waals surface area contributed by atoms with Gasteiger partial charge in [-0.2, -0.15) is 0 Å². The van der Waals surface area contributed by atoms with Crippen molar-refractivity contribution in [2.45, 2.75) is 20.1 Å². The summed E-state index contributed by atoms with van der Waals surface area (Å²) >= 11 is 0. The first kappa shape index (κ1) is 14.6. The molecular weight excluding hydrogens is 295 g/mol. The van der Waals surface area contributed by atoms with E-state index in [1.807, 2.05) is 0 Å². The molecule has 0 aromatic carbocycles. The third-order valence-electron chi connectivity index (χ3n) is 2.20. The molecule has 0 bridgehead atoms. The molecule has 0 saturated heterocycles. The lowest BCUT2D eigenvalue weighted by atomic mass is 10.6. The van der Waals surface area contributed by atoms with E-state index in [2.05, 4.69) is 17.7 Å². The van der Waals surface area contributed by atoms with Crippen molar-refractivity contribution in [2.24, 2.45) is 0 Å². The van der Waals surface area contributed by atoms with Crippen molar-refractivity contribution in [2.75, 3.05) is 6.16 Å². The lowest BCUT2D eigenvalue weighted by Gasteiger charge is -2.14. The zero-order valence-electron chi connectivity index (χ0n) is 10.4. The Labute approximate surface area is 111 Å². The smallest absolute Gasteiger partial charge is 0.399 e. The second-order valence-electron chi connectivity index (χ2n) is 3.58. The van der Waals surface area contributed by atoms with E-state index in [9.17, 15) is 14.2 Å². The zero-order valence-corrected chi connectivity index (χ0v) is 11.3. The molecule has 110 valence electrons. The maximum Gasteiger partial charge on any atom is 0.518 e. The molecule has 20 heavy (non-hydrogen) atoms. The first-order chi connectivity index (χ1) is 9.50. The van der Waals surface area contributed by atoms with Crippen molar-refractivity contribution in [3.8, 4) is 0 Å². The summed E-state index contributed by atoms with van der Waals surface area (Å²) in [6, 6.07) is 0. The van der Waals surface area contributed by atoms with Gasteiger partial charge in [-0.3, -0.25) is 4.57 Å². The van der Waals surface area contributed by atoms with Gasteiger partial charge in [0.2, 0.25) is 0 Å². The van der Waals surface area contributed by atoms with Gasteiger partial charge in [-0.15, -0.1) is 0 Å². The van der Waals surface area contributed by atoms with Gasteiger partial charge >= 0.3 is 19.2 Å². The summed E-state index contributed by atoms with van der Waals surface area (Å²) in [7, 11) is -3.42. The summed E-state index contributed by atoms with van der Waals surface area (Å²) in [4.78, 5) is 21.3. The molecule has 2 rings (SSSR count). The van der Waals surface area contributed by atoms with Crippen molar-refractivity contribution < 1.29 is 31.3 Å². The van der Waals surface area contributed by atoms with Crippen molar-refractivity contribution in [1.29, 1.82) is 0 Å². The fraction of sp³-hybridized carbons (Fsp3) is 0.400. The molecule has 0 aliphatic heterocycles. The summed E-state index contributed by atoms with van der Waals surface area (Å²) < 4.78 is 40.4. The highest BCUT2D eigenvalue weighted by atomic mass is 31.2. The van der Waals surface area contributed by atoms with Crippen LogP contribution in [0.5, 0.6) is 0 Å². The van der Waals surface area contributed by atoms with Crippen molar-refractivity contribution >= 4 is 7.60 Å². The van der Waals surface area contributed by atoms with Gasteiger partial charge in [-0.05, 0) is 0 Å². The average molecular weight is 306 g/mol. The molecule has 0 amide bonds. The van der Waals surface area contributed by atoms with E-state index in [0.717, 1.165) is 12.5 Å². The Hall–Kier alpha value is -1.83. The summed E-state index contributed by atoms with van der Waals surface area (Å²) in [6.07, 6.45) is 2.19. The van der Waals surface area contributed by atoms with E-state index >= 15 is 0 Å². The minimum atomic E-state index is -3.42.